The highest BCUT2D eigenvalue weighted by Crippen LogP contribution is 2.33. The van der Waals surface area contributed by atoms with E-state index in [1.54, 1.807) is 25.3 Å². The first-order valence-electron chi connectivity index (χ1n) is 9.27. The molecule has 1 aliphatic rings. The van der Waals surface area contributed by atoms with Crippen LogP contribution in [0.5, 0.6) is 5.75 Å². The Morgan fingerprint density at radius 2 is 2.17 bits per heavy atom. The van der Waals surface area contributed by atoms with Gasteiger partial charge >= 0.3 is 0 Å². The fourth-order valence-corrected chi connectivity index (χ4v) is 3.27. The normalized spacial score (nSPS) is 16.0. The molecule has 1 aromatic heterocycles. The van der Waals surface area contributed by atoms with Crippen LogP contribution in [0.3, 0.4) is 0 Å². The summed E-state index contributed by atoms with van der Waals surface area (Å²) >= 11 is 0. The molecular weight excluding hydrogens is 376 g/mol. The van der Waals surface area contributed by atoms with Crippen molar-refractivity contribution in [2.45, 2.75) is 18.9 Å². The summed E-state index contributed by atoms with van der Waals surface area (Å²) in [6, 6.07) is 12.1. The van der Waals surface area contributed by atoms with E-state index in [2.05, 4.69) is 15.5 Å². The molecule has 0 radical (unpaired) electrons. The van der Waals surface area contributed by atoms with Gasteiger partial charge in [-0.2, -0.15) is 4.98 Å². The molecule has 1 N–H and O–H groups in total. The van der Waals surface area contributed by atoms with Crippen LogP contribution in [0, 0.1) is 10.1 Å². The minimum Gasteiger partial charge on any atom is -0.496 e. The van der Waals surface area contributed by atoms with Crippen LogP contribution in [0.4, 0.5) is 11.4 Å². The highest BCUT2D eigenvalue weighted by molar-refractivity contribution is 5.71. The molecule has 0 bridgehead atoms. The Labute approximate surface area is 166 Å². The molecule has 150 valence electrons. The van der Waals surface area contributed by atoms with E-state index in [-0.39, 0.29) is 17.7 Å². The average molecular weight is 396 g/mol. The summed E-state index contributed by atoms with van der Waals surface area (Å²) in [5.74, 6) is 1.15. The minimum absolute atomic E-state index is 0.0578. The first kappa shape index (κ1) is 18.9. The van der Waals surface area contributed by atoms with Gasteiger partial charge in [0.2, 0.25) is 5.82 Å². The van der Waals surface area contributed by atoms with Gasteiger partial charge in [-0.1, -0.05) is 17.3 Å². The molecule has 1 atom stereocenters. The topological polar surface area (TPSA) is 113 Å². The van der Waals surface area contributed by atoms with Crippen molar-refractivity contribution in [2.24, 2.45) is 0 Å². The summed E-state index contributed by atoms with van der Waals surface area (Å²) in [6.07, 6.45) is 2.04. The second-order valence-corrected chi connectivity index (χ2v) is 6.63. The number of methoxy groups -OCH3 is 1. The summed E-state index contributed by atoms with van der Waals surface area (Å²) < 4.78 is 16.2. The molecule has 9 nitrogen and oxygen atoms in total. The molecule has 2 heterocycles. The Balaban J connectivity index is 1.59. The van der Waals surface area contributed by atoms with Crippen LogP contribution in [0.15, 0.2) is 47.0 Å². The molecule has 1 aliphatic heterocycles. The Hall–Kier alpha value is -3.46. The standard InChI is InChI=1S/C20H20N4O5/c1-27-18-7-3-2-6-15(18)19-22-20(29-23-19)13-8-9-16(17(11-13)24(25)26)21-12-14-5-4-10-28-14/h2-3,6-9,11,14,21H,4-5,10,12H2,1H3/t14-/m1/s1. The second kappa shape index (κ2) is 8.27. The third-order valence-electron chi connectivity index (χ3n) is 4.76. The van der Waals surface area contributed by atoms with Crippen molar-refractivity contribution in [2.75, 3.05) is 25.6 Å². The lowest BCUT2D eigenvalue weighted by Crippen LogP contribution is -2.18. The van der Waals surface area contributed by atoms with E-state index in [1.165, 1.54) is 6.07 Å². The zero-order valence-electron chi connectivity index (χ0n) is 15.8. The Kier molecular flexibility index (Phi) is 5.39. The molecule has 0 amide bonds. The van der Waals surface area contributed by atoms with Crippen LogP contribution in [0.25, 0.3) is 22.8 Å². The van der Waals surface area contributed by atoms with Crippen LogP contribution in [-0.4, -0.2) is 41.4 Å². The van der Waals surface area contributed by atoms with Crippen LogP contribution in [0.2, 0.25) is 0 Å². The molecular formula is C20H20N4O5. The lowest BCUT2D eigenvalue weighted by atomic mass is 10.1. The molecule has 9 heteroatoms. The molecule has 1 saturated heterocycles. The average Bonchev–Trinajstić information content (AvgIpc) is 3.44. The Bertz CT molecular complexity index is 1010. The molecule has 4 rings (SSSR count). The summed E-state index contributed by atoms with van der Waals surface area (Å²) in [5.41, 5.74) is 1.51. The first-order valence-corrected chi connectivity index (χ1v) is 9.27. The predicted octanol–water partition coefficient (Wildman–Crippen LogP) is 3.91. The molecule has 2 aromatic carbocycles. The number of nitro benzene ring substituents is 1. The quantitative estimate of drug-likeness (QED) is 0.472. The number of anilines is 1. The third kappa shape index (κ3) is 4.04. The van der Waals surface area contributed by atoms with Crippen LogP contribution < -0.4 is 10.1 Å². The molecule has 29 heavy (non-hydrogen) atoms. The van der Waals surface area contributed by atoms with E-state index < -0.39 is 4.92 Å². The maximum Gasteiger partial charge on any atom is 0.293 e. The zero-order chi connectivity index (χ0) is 20.2. The number of nitro groups is 1. The number of para-hydroxylation sites is 1. The van der Waals surface area contributed by atoms with Gasteiger partial charge in [0.15, 0.2) is 0 Å². The predicted molar refractivity (Wildman–Crippen MR) is 106 cm³/mol. The number of rotatable bonds is 7. The number of nitrogens with one attached hydrogen (secondary N) is 1. The van der Waals surface area contributed by atoms with Gasteiger partial charge < -0.3 is 19.3 Å². The van der Waals surface area contributed by atoms with Gasteiger partial charge in [-0.25, -0.2) is 0 Å². The lowest BCUT2D eigenvalue weighted by molar-refractivity contribution is -0.383. The summed E-state index contributed by atoms with van der Waals surface area (Å²) in [7, 11) is 1.56. The third-order valence-corrected chi connectivity index (χ3v) is 4.76. The monoisotopic (exact) mass is 396 g/mol. The largest absolute Gasteiger partial charge is 0.496 e. The van der Waals surface area contributed by atoms with E-state index in [0.717, 1.165) is 19.4 Å². The van der Waals surface area contributed by atoms with Gasteiger partial charge in [-0.05, 0) is 37.1 Å². The van der Waals surface area contributed by atoms with E-state index in [0.29, 0.717) is 34.9 Å². The van der Waals surface area contributed by atoms with Gasteiger partial charge in [0.05, 0.1) is 23.7 Å². The van der Waals surface area contributed by atoms with E-state index >= 15 is 0 Å². The Morgan fingerprint density at radius 3 is 2.93 bits per heavy atom. The minimum atomic E-state index is -0.432. The molecule has 0 spiro atoms. The fourth-order valence-electron chi connectivity index (χ4n) is 3.27. The number of hydrogen-bond acceptors (Lipinski definition) is 8. The highest BCUT2D eigenvalue weighted by atomic mass is 16.6. The van der Waals surface area contributed by atoms with Crippen molar-refractivity contribution in [3.8, 4) is 28.6 Å². The number of benzene rings is 2. The van der Waals surface area contributed by atoms with Crippen molar-refractivity contribution in [1.82, 2.24) is 10.1 Å². The van der Waals surface area contributed by atoms with Gasteiger partial charge in [0.1, 0.15) is 11.4 Å². The van der Waals surface area contributed by atoms with Gasteiger partial charge in [0, 0.05) is 24.8 Å². The van der Waals surface area contributed by atoms with Crippen molar-refractivity contribution < 1.29 is 18.9 Å². The number of aromatic nitrogens is 2. The molecule has 0 saturated carbocycles. The maximum absolute atomic E-state index is 11.6. The van der Waals surface area contributed by atoms with E-state index in [9.17, 15) is 10.1 Å². The van der Waals surface area contributed by atoms with Crippen molar-refractivity contribution >= 4 is 11.4 Å². The summed E-state index contributed by atoms with van der Waals surface area (Å²) in [6.45, 7) is 1.26. The molecule has 1 fully saturated rings. The highest BCUT2D eigenvalue weighted by Gasteiger charge is 2.21. The number of nitrogens with zero attached hydrogens (tertiary/aromatic N) is 3. The molecule has 0 aliphatic carbocycles. The first-order chi connectivity index (χ1) is 14.2. The zero-order valence-corrected chi connectivity index (χ0v) is 15.8. The van der Waals surface area contributed by atoms with Crippen molar-refractivity contribution in [1.29, 1.82) is 0 Å². The van der Waals surface area contributed by atoms with Gasteiger partial charge in [-0.15, -0.1) is 0 Å². The smallest absolute Gasteiger partial charge is 0.293 e. The van der Waals surface area contributed by atoms with Crippen LogP contribution in [-0.2, 0) is 4.74 Å². The number of ether oxygens (including phenoxy) is 2. The molecule has 3 aromatic rings. The van der Waals surface area contributed by atoms with Crippen LogP contribution in [0.1, 0.15) is 12.8 Å². The fraction of sp³-hybridized carbons (Fsp3) is 0.300. The lowest BCUT2D eigenvalue weighted by Gasteiger charge is -2.12. The van der Waals surface area contributed by atoms with Crippen LogP contribution >= 0.6 is 0 Å². The van der Waals surface area contributed by atoms with Gasteiger partial charge in [0.25, 0.3) is 11.6 Å². The van der Waals surface area contributed by atoms with Crippen molar-refractivity contribution in [3.63, 3.8) is 0 Å². The SMILES string of the molecule is COc1ccccc1-c1noc(-c2ccc(NC[C@H]3CCCO3)c([N+](=O)[O-])c2)n1. The molecule has 0 unspecified atom stereocenters. The maximum atomic E-state index is 11.6. The summed E-state index contributed by atoms with van der Waals surface area (Å²) in [4.78, 5) is 15.5. The second-order valence-electron chi connectivity index (χ2n) is 6.63. The van der Waals surface area contributed by atoms with E-state index in [1.807, 2.05) is 18.2 Å². The number of hydrogen-bond donors (Lipinski definition) is 1. The summed E-state index contributed by atoms with van der Waals surface area (Å²) in [5, 5.41) is 18.7. The van der Waals surface area contributed by atoms with E-state index in [4.69, 9.17) is 14.0 Å². The Morgan fingerprint density at radius 1 is 1.31 bits per heavy atom. The van der Waals surface area contributed by atoms with Gasteiger partial charge in [-0.3, -0.25) is 10.1 Å². The van der Waals surface area contributed by atoms with Crippen molar-refractivity contribution in [3.05, 3.63) is 52.6 Å².